The van der Waals surface area contributed by atoms with Gasteiger partial charge in [-0.15, -0.1) is 0 Å². The normalized spacial score (nSPS) is 13.0. The van der Waals surface area contributed by atoms with Gasteiger partial charge in [-0.2, -0.15) is 0 Å². The Morgan fingerprint density at radius 2 is 1.68 bits per heavy atom. The number of hydrogen-bond donors (Lipinski definition) is 1. The van der Waals surface area contributed by atoms with Crippen molar-refractivity contribution in [3.05, 3.63) is 88.4 Å². The number of amides is 2. The molecule has 1 atom stereocenters. The molecule has 9 nitrogen and oxygen atoms in total. The molecule has 0 saturated carbocycles. The van der Waals surface area contributed by atoms with Gasteiger partial charge in [-0.05, 0) is 41.8 Å². The van der Waals surface area contributed by atoms with Gasteiger partial charge in [-0.3, -0.25) is 13.9 Å². The van der Waals surface area contributed by atoms with E-state index >= 15 is 0 Å². The number of sulfonamides is 1. The van der Waals surface area contributed by atoms with Crippen LogP contribution in [0.5, 0.6) is 11.5 Å². The number of ether oxygens (including phenoxy) is 2. The lowest BCUT2D eigenvalue weighted by Gasteiger charge is -2.33. The molecule has 0 saturated heterocycles. The van der Waals surface area contributed by atoms with Gasteiger partial charge in [-0.25, -0.2) is 8.42 Å². The van der Waals surface area contributed by atoms with E-state index in [4.69, 9.17) is 9.47 Å². The van der Waals surface area contributed by atoms with E-state index in [1.807, 2.05) is 61.5 Å². The monoisotopic (exact) mass is 629 g/mol. The summed E-state index contributed by atoms with van der Waals surface area (Å²) in [7, 11) is -3.88. The van der Waals surface area contributed by atoms with Gasteiger partial charge in [0.15, 0.2) is 11.5 Å². The minimum Gasteiger partial charge on any atom is -0.454 e. The Kier molecular flexibility index (Phi) is 9.70. The van der Waals surface area contributed by atoms with Crippen LogP contribution in [0.25, 0.3) is 0 Å². The summed E-state index contributed by atoms with van der Waals surface area (Å²) in [6.45, 7) is 2.05. The molecule has 40 heavy (non-hydrogen) atoms. The smallest absolute Gasteiger partial charge is 0.244 e. The lowest BCUT2D eigenvalue weighted by Crippen LogP contribution is -2.53. The van der Waals surface area contributed by atoms with Gasteiger partial charge >= 0.3 is 0 Å². The van der Waals surface area contributed by atoms with Crippen LogP contribution in [0, 0.1) is 0 Å². The van der Waals surface area contributed by atoms with E-state index in [0.29, 0.717) is 18.0 Å². The van der Waals surface area contributed by atoms with Crippen molar-refractivity contribution in [2.24, 2.45) is 0 Å². The second-order valence-electron chi connectivity index (χ2n) is 9.45. The minimum atomic E-state index is -3.88. The second kappa shape index (κ2) is 13.2. The Hall–Kier alpha value is -3.57. The molecule has 4 rings (SSSR count). The summed E-state index contributed by atoms with van der Waals surface area (Å²) >= 11 is 3.43. The number of halogens is 1. The molecule has 11 heteroatoms. The number of benzene rings is 3. The van der Waals surface area contributed by atoms with Crippen LogP contribution < -0.4 is 19.1 Å². The van der Waals surface area contributed by atoms with Gasteiger partial charge in [0, 0.05) is 30.0 Å². The number of fused-ring (bicyclic) bond motifs is 1. The van der Waals surface area contributed by atoms with Crippen molar-refractivity contribution in [3.63, 3.8) is 0 Å². The zero-order chi connectivity index (χ0) is 28.7. The number of rotatable bonds is 12. The Labute approximate surface area is 243 Å². The summed E-state index contributed by atoms with van der Waals surface area (Å²) in [5.41, 5.74) is 1.94. The molecular weight excluding hydrogens is 598 g/mol. The summed E-state index contributed by atoms with van der Waals surface area (Å²) < 4.78 is 38.5. The summed E-state index contributed by atoms with van der Waals surface area (Å²) in [6.07, 6.45) is 2.04. The average Bonchev–Trinajstić information content (AvgIpc) is 3.41. The number of hydrogen-bond acceptors (Lipinski definition) is 6. The molecule has 0 bridgehead atoms. The van der Waals surface area contributed by atoms with Crippen molar-refractivity contribution >= 4 is 43.5 Å². The second-order valence-corrected chi connectivity index (χ2v) is 12.3. The first kappa shape index (κ1) is 29.4. The van der Waals surface area contributed by atoms with E-state index in [-0.39, 0.29) is 31.4 Å². The van der Waals surface area contributed by atoms with E-state index in [2.05, 4.69) is 21.2 Å². The van der Waals surface area contributed by atoms with Crippen molar-refractivity contribution in [2.75, 3.05) is 30.4 Å². The lowest BCUT2D eigenvalue weighted by molar-refractivity contribution is -0.140. The Bertz CT molecular complexity index is 1430. The van der Waals surface area contributed by atoms with Crippen LogP contribution in [0.4, 0.5) is 5.69 Å². The van der Waals surface area contributed by atoms with Crippen molar-refractivity contribution in [1.82, 2.24) is 10.2 Å². The first-order valence-corrected chi connectivity index (χ1v) is 15.5. The summed E-state index contributed by atoms with van der Waals surface area (Å²) in [4.78, 5) is 29.0. The fraction of sp³-hybridized carbons (Fsp3) is 0.310. The van der Waals surface area contributed by atoms with Crippen LogP contribution in [0.15, 0.2) is 77.3 Å². The number of carbonyl (C=O) groups excluding carboxylic acids is 2. The molecular formula is C29H32BrN3O6S. The Morgan fingerprint density at radius 3 is 2.35 bits per heavy atom. The fourth-order valence-electron chi connectivity index (χ4n) is 4.36. The number of anilines is 1. The van der Waals surface area contributed by atoms with Crippen molar-refractivity contribution in [1.29, 1.82) is 0 Å². The maximum absolute atomic E-state index is 14.1. The average molecular weight is 631 g/mol. The maximum Gasteiger partial charge on any atom is 0.244 e. The van der Waals surface area contributed by atoms with E-state index in [0.717, 1.165) is 32.6 Å². The molecule has 1 aliphatic rings. The zero-order valence-corrected chi connectivity index (χ0v) is 24.8. The Balaban J connectivity index is 1.71. The molecule has 2 amide bonds. The molecule has 1 N–H and O–H groups in total. The maximum atomic E-state index is 14.1. The van der Waals surface area contributed by atoms with Gasteiger partial charge in [0.1, 0.15) is 12.6 Å². The van der Waals surface area contributed by atoms with Gasteiger partial charge < -0.3 is 19.7 Å². The highest BCUT2D eigenvalue weighted by molar-refractivity contribution is 9.10. The Morgan fingerprint density at radius 1 is 0.975 bits per heavy atom. The van der Waals surface area contributed by atoms with E-state index in [1.54, 1.807) is 12.1 Å². The minimum absolute atomic E-state index is 0.0333. The molecule has 3 aromatic rings. The van der Waals surface area contributed by atoms with Crippen molar-refractivity contribution in [3.8, 4) is 11.5 Å². The number of nitrogens with one attached hydrogen (secondary N) is 1. The number of nitrogens with zero attached hydrogens (tertiary/aromatic N) is 2. The first-order valence-electron chi connectivity index (χ1n) is 12.9. The zero-order valence-electron chi connectivity index (χ0n) is 22.4. The largest absolute Gasteiger partial charge is 0.454 e. The van der Waals surface area contributed by atoms with Gasteiger partial charge in [-0.1, -0.05) is 65.3 Å². The van der Waals surface area contributed by atoms with Crippen LogP contribution in [-0.4, -0.2) is 57.3 Å². The third-order valence-corrected chi connectivity index (χ3v) is 8.08. The quantitative estimate of drug-likeness (QED) is 0.323. The van der Waals surface area contributed by atoms with Crippen LogP contribution in [0.2, 0.25) is 0 Å². The highest BCUT2D eigenvalue weighted by Crippen LogP contribution is 2.36. The van der Waals surface area contributed by atoms with Crippen LogP contribution >= 0.6 is 15.9 Å². The van der Waals surface area contributed by atoms with E-state index < -0.39 is 28.5 Å². The van der Waals surface area contributed by atoms with Gasteiger partial charge in [0.25, 0.3) is 0 Å². The third-order valence-electron chi connectivity index (χ3n) is 6.41. The molecule has 0 radical (unpaired) electrons. The van der Waals surface area contributed by atoms with Crippen molar-refractivity contribution in [2.45, 2.75) is 32.4 Å². The van der Waals surface area contributed by atoms with E-state index in [1.165, 1.54) is 11.0 Å². The molecule has 1 unspecified atom stereocenters. The predicted molar refractivity (Wildman–Crippen MR) is 157 cm³/mol. The van der Waals surface area contributed by atoms with Crippen LogP contribution in [0.1, 0.15) is 24.5 Å². The first-order chi connectivity index (χ1) is 19.2. The van der Waals surface area contributed by atoms with Crippen LogP contribution in [0.3, 0.4) is 0 Å². The summed E-state index contributed by atoms with van der Waals surface area (Å²) in [5.74, 6) is 0.0749. The fourth-order valence-corrected chi connectivity index (χ4v) is 5.47. The molecule has 0 spiro atoms. The van der Waals surface area contributed by atoms with Crippen molar-refractivity contribution < 1.29 is 27.5 Å². The third kappa shape index (κ3) is 7.54. The van der Waals surface area contributed by atoms with E-state index in [9.17, 15) is 18.0 Å². The summed E-state index contributed by atoms with van der Waals surface area (Å²) in [5, 5.41) is 2.92. The molecule has 212 valence electrons. The lowest BCUT2D eigenvalue weighted by atomic mass is 10.0. The molecule has 0 aliphatic carbocycles. The molecule has 1 heterocycles. The van der Waals surface area contributed by atoms with Gasteiger partial charge in [0.2, 0.25) is 28.6 Å². The topological polar surface area (TPSA) is 105 Å². The van der Waals surface area contributed by atoms with Crippen LogP contribution in [-0.2, 0) is 32.6 Å². The number of carbonyl (C=O) groups is 2. The molecule has 3 aromatic carbocycles. The predicted octanol–water partition coefficient (Wildman–Crippen LogP) is 4.11. The standard InChI is InChI=1S/C29H32BrN3O6S/c1-3-15-31-29(35)25(16-21-7-5-4-6-8-21)32(18-22-9-11-23(30)12-10-22)28(34)19-33(40(2,36)37)24-13-14-26-27(17-24)39-20-38-26/h4-14,17,25H,3,15-16,18-20H2,1-2H3,(H,31,35). The molecule has 0 aromatic heterocycles. The van der Waals surface area contributed by atoms with Gasteiger partial charge in [0.05, 0.1) is 11.9 Å². The molecule has 1 aliphatic heterocycles. The highest BCUT2D eigenvalue weighted by Gasteiger charge is 2.33. The molecule has 0 fully saturated rings. The highest BCUT2D eigenvalue weighted by atomic mass is 79.9. The summed E-state index contributed by atoms with van der Waals surface area (Å²) in [6, 6.07) is 20.7. The SMILES string of the molecule is CCCNC(=O)C(Cc1ccccc1)N(Cc1ccc(Br)cc1)C(=O)CN(c1ccc2c(c1)OCO2)S(C)(=O)=O.